The van der Waals surface area contributed by atoms with Crippen molar-refractivity contribution in [3.63, 3.8) is 0 Å². The van der Waals surface area contributed by atoms with Gasteiger partial charge in [-0.05, 0) is 81.7 Å². The molecule has 2 heterocycles. The number of aliphatic hydroxyl groups is 2. The summed E-state index contributed by atoms with van der Waals surface area (Å²) in [5, 5.41) is 50.1. The van der Waals surface area contributed by atoms with E-state index in [0.29, 0.717) is 30.5 Å². The number of imidazole rings is 1. The lowest BCUT2D eigenvalue weighted by Gasteiger charge is -2.30. The van der Waals surface area contributed by atoms with Crippen LogP contribution in [0.15, 0.2) is 42.9 Å². The third-order valence-electron chi connectivity index (χ3n) is 12.9. The fourth-order valence-electron chi connectivity index (χ4n) is 8.61. The average Bonchev–Trinajstić information content (AvgIpc) is 4.10. The normalized spacial score (nSPS) is 16.8. The molecule has 0 spiro atoms. The summed E-state index contributed by atoms with van der Waals surface area (Å²) in [6.07, 6.45) is 3.19. The van der Waals surface area contributed by atoms with Crippen molar-refractivity contribution >= 4 is 59.1 Å². The van der Waals surface area contributed by atoms with Crippen molar-refractivity contribution in [2.75, 3.05) is 26.2 Å². The topological polar surface area (TPSA) is 412 Å². The summed E-state index contributed by atoms with van der Waals surface area (Å²) in [5.74, 6) is -9.07. The highest BCUT2D eigenvalue weighted by Crippen LogP contribution is 2.21. The van der Waals surface area contributed by atoms with Gasteiger partial charge in [-0.3, -0.25) is 43.2 Å². The van der Waals surface area contributed by atoms with Gasteiger partial charge in [0.15, 0.2) is 0 Å². The maximum atomic E-state index is 14.4. The van der Waals surface area contributed by atoms with Crippen molar-refractivity contribution in [2.45, 2.75) is 167 Å². The minimum atomic E-state index is -1.60. The van der Waals surface area contributed by atoms with Crippen LogP contribution in [0, 0.1) is 17.8 Å². The van der Waals surface area contributed by atoms with Gasteiger partial charge in [-0.15, -0.1) is 0 Å². The molecule has 2 aromatic rings. The van der Waals surface area contributed by atoms with Crippen LogP contribution in [0.5, 0.6) is 0 Å². The second-order valence-electron chi connectivity index (χ2n) is 20.9. The van der Waals surface area contributed by atoms with E-state index in [-0.39, 0.29) is 63.5 Å². The molecule has 1 aromatic carbocycles. The molecule has 1 aliphatic rings. The lowest BCUT2D eigenvalue weighted by atomic mass is 10.00. The van der Waals surface area contributed by atoms with Crippen LogP contribution in [0.1, 0.15) is 105 Å². The van der Waals surface area contributed by atoms with E-state index in [0.717, 1.165) is 0 Å². The monoisotopic (exact) mass is 1100 g/mol. The van der Waals surface area contributed by atoms with E-state index in [2.05, 4.69) is 52.5 Å². The predicted molar refractivity (Wildman–Crippen MR) is 285 cm³/mol. The van der Waals surface area contributed by atoms with Gasteiger partial charge in [0.25, 0.3) is 0 Å². The minimum absolute atomic E-state index is 0.0318. The van der Waals surface area contributed by atoms with Crippen LogP contribution in [0.4, 0.5) is 0 Å². The highest BCUT2D eigenvalue weighted by Gasteiger charge is 2.40. The number of likely N-dealkylation sites (tertiary alicyclic amines) is 1. The highest BCUT2D eigenvalue weighted by atomic mass is 16.4. The first-order chi connectivity index (χ1) is 36.9. The molecule has 10 atom stereocenters. The number of nitrogens with two attached hydrogens (primary N) is 2. The zero-order valence-electron chi connectivity index (χ0n) is 45.7. The van der Waals surface area contributed by atoms with Crippen molar-refractivity contribution in [2.24, 2.45) is 29.2 Å². The highest BCUT2D eigenvalue weighted by molar-refractivity contribution is 5.98. The number of carbonyl (C=O) groups excluding carboxylic acids is 9. The second-order valence-corrected chi connectivity index (χ2v) is 20.9. The van der Waals surface area contributed by atoms with Gasteiger partial charge in [-0.2, -0.15) is 0 Å². The maximum absolute atomic E-state index is 14.4. The van der Waals surface area contributed by atoms with E-state index in [1.54, 1.807) is 58.0 Å². The SMILES string of the molecule is CC(C)C[C@H](NC(=O)[C@H](CO)NC(=O)[C@H](Cc1cnc[nH]1)NC(=O)[C@@H](NC(=O)[C@H](CCCCN)NC(=O)CNC(=O)[C@@H]1CCCN1C(=O)[C@H](Cc1ccccc1)NC(=O)[C@H](CC(C)C)NC(=O)[C@@H](N)[C@@H](C)O)C(C)C)C(=O)O. The van der Waals surface area contributed by atoms with Gasteiger partial charge in [-0.1, -0.05) is 71.9 Å². The number of hydrogen-bond acceptors (Lipinski definition) is 15. The van der Waals surface area contributed by atoms with Crippen LogP contribution in [0.2, 0.25) is 0 Å². The third kappa shape index (κ3) is 21.4. The maximum Gasteiger partial charge on any atom is 0.326 e. The molecule has 3 rings (SSSR count). The first-order valence-corrected chi connectivity index (χ1v) is 26.5. The van der Waals surface area contributed by atoms with E-state index >= 15 is 0 Å². The largest absolute Gasteiger partial charge is 0.480 e. The van der Waals surface area contributed by atoms with E-state index < -0.39 is 139 Å². The molecule has 0 bridgehead atoms. The van der Waals surface area contributed by atoms with Crippen LogP contribution in [-0.2, 0) is 60.8 Å². The lowest BCUT2D eigenvalue weighted by Crippen LogP contribution is -2.61. The fourth-order valence-corrected chi connectivity index (χ4v) is 8.61. The summed E-state index contributed by atoms with van der Waals surface area (Å²) in [4.78, 5) is 143. The molecule has 0 saturated carbocycles. The van der Waals surface area contributed by atoms with Crippen molar-refractivity contribution in [3.05, 3.63) is 54.1 Å². The number of nitrogens with one attached hydrogen (secondary N) is 9. The number of carboxylic acids is 1. The minimum Gasteiger partial charge on any atom is -0.480 e. The number of amides is 9. The first-order valence-electron chi connectivity index (χ1n) is 26.5. The molecule has 16 N–H and O–H groups in total. The predicted octanol–water partition coefficient (Wildman–Crippen LogP) is -2.64. The van der Waals surface area contributed by atoms with Gasteiger partial charge in [-0.25, -0.2) is 9.78 Å². The number of rotatable bonds is 33. The Morgan fingerprint density at radius 1 is 0.705 bits per heavy atom. The molecule has 0 unspecified atom stereocenters. The zero-order valence-corrected chi connectivity index (χ0v) is 45.7. The first kappa shape index (κ1) is 65.3. The molecule has 1 fully saturated rings. The number of benzene rings is 1. The lowest BCUT2D eigenvalue weighted by molar-refractivity contribution is -0.143. The Labute approximate surface area is 454 Å². The second kappa shape index (κ2) is 32.6. The van der Waals surface area contributed by atoms with Crippen LogP contribution in [0.3, 0.4) is 0 Å². The number of carbonyl (C=O) groups is 10. The van der Waals surface area contributed by atoms with Gasteiger partial charge in [0.1, 0.15) is 54.4 Å². The zero-order chi connectivity index (χ0) is 58.2. The van der Waals surface area contributed by atoms with Gasteiger partial charge in [0.2, 0.25) is 53.2 Å². The number of carboxylic acid groups (broad SMARTS) is 1. The van der Waals surface area contributed by atoms with Crippen LogP contribution in [-0.4, -0.2) is 176 Å². The van der Waals surface area contributed by atoms with E-state index in [4.69, 9.17) is 11.5 Å². The third-order valence-corrected chi connectivity index (χ3v) is 12.9. The molecular weight excluding hydrogens is 1010 g/mol. The molecule has 0 aliphatic carbocycles. The molecule has 1 aliphatic heterocycles. The average molecular weight is 1100 g/mol. The van der Waals surface area contributed by atoms with E-state index in [1.807, 2.05) is 13.8 Å². The quantitative estimate of drug-likeness (QED) is 0.0325. The van der Waals surface area contributed by atoms with Gasteiger partial charge >= 0.3 is 5.97 Å². The number of unbranched alkanes of at least 4 members (excludes halogenated alkanes) is 1. The number of aromatic nitrogens is 2. The number of aromatic amines is 1. The molecular formula is C52H83N13O13. The van der Waals surface area contributed by atoms with Crippen molar-refractivity contribution < 1.29 is 63.3 Å². The Hall–Kier alpha value is -7.03. The summed E-state index contributed by atoms with van der Waals surface area (Å²) in [5.41, 5.74) is 12.7. The fraction of sp³-hybridized carbons (Fsp3) is 0.635. The molecule has 1 saturated heterocycles. The number of nitrogens with zero attached hydrogens (tertiary/aromatic N) is 2. The smallest absolute Gasteiger partial charge is 0.326 e. The Balaban J connectivity index is 1.76. The Bertz CT molecular complexity index is 2300. The number of aliphatic hydroxyl groups excluding tert-OH is 2. The van der Waals surface area contributed by atoms with Crippen molar-refractivity contribution in [3.8, 4) is 0 Å². The summed E-state index contributed by atoms with van der Waals surface area (Å²) in [6, 6.07) is -2.68. The molecule has 26 heteroatoms. The standard InChI is InChI=1S/C52H83N13O13/c1-28(2)20-35(59-49(74)42(54)31(7)67)45(70)61-37(22-32-14-9-8-10-15-32)51(76)65-19-13-17-40(65)48(73)56-25-41(68)58-34(16-11-12-18-53)44(69)64-43(30(5)6)50(75)60-36(23-33-24-55-27-57-33)46(71)63-39(26-66)47(72)62-38(52(77)78)21-29(3)4/h8-10,14-15,24,27-31,34-40,42-43,66-67H,11-13,16-23,25-26,53-54H2,1-7H3,(H,55,57)(H,56,73)(H,58,68)(H,59,74)(H,60,75)(H,61,70)(H,62,72)(H,63,71)(H,64,69)(H,77,78)/t31-,34+,35+,36+,37+,38+,39+,40+,42+,43+/m1/s1. The molecule has 9 amide bonds. The summed E-state index contributed by atoms with van der Waals surface area (Å²) in [7, 11) is 0. The molecule has 78 heavy (non-hydrogen) atoms. The molecule has 434 valence electrons. The number of H-pyrrole nitrogens is 1. The van der Waals surface area contributed by atoms with E-state index in [1.165, 1.54) is 24.3 Å². The number of hydrogen-bond donors (Lipinski definition) is 14. The molecule has 26 nitrogen and oxygen atoms in total. The van der Waals surface area contributed by atoms with Gasteiger partial charge in [0, 0.05) is 31.3 Å². The van der Waals surface area contributed by atoms with Crippen LogP contribution in [0.25, 0.3) is 0 Å². The van der Waals surface area contributed by atoms with Gasteiger partial charge in [0.05, 0.1) is 25.6 Å². The Morgan fingerprint density at radius 3 is 1.86 bits per heavy atom. The molecule has 1 aromatic heterocycles. The van der Waals surface area contributed by atoms with Crippen LogP contribution < -0.4 is 54.0 Å². The number of aliphatic carboxylic acids is 1. The summed E-state index contributed by atoms with van der Waals surface area (Å²) in [6.45, 7) is 10.7. The van der Waals surface area contributed by atoms with Crippen molar-refractivity contribution in [1.29, 1.82) is 0 Å². The van der Waals surface area contributed by atoms with Crippen molar-refractivity contribution in [1.82, 2.24) is 57.4 Å². The molecule has 0 radical (unpaired) electrons. The Kier molecular flexibility index (Phi) is 27.3. The van der Waals surface area contributed by atoms with E-state index in [9.17, 15) is 63.3 Å². The Morgan fingerprint density at radius 2 is 1.28 bits per heavy atom. The van der Waals surface area contributed by atoms with Gasteiger partial charge < -0.3 is 79.2 Å². The summed E-state index contributed by atoms with van der Waals surface area (Å²) < 4.78 is 0. The summed E-state index contributed by atoms with van der Waals surface area (Å²) >= 11 is 0. The van der Waals surface area contributed by atoms with Crippen LogP contribution >= 0.6 is 0 Å².